The molecule has 1 atom stereocenters. The van der Waals surface area contributed by atoms with E-state index in [1.807, 2.05) is 37.3 Å². The van der Waals surface area contributed by atoms with Crippen molar-refractivity contribution in [2.45, 2.75) is 12.8 Å². The van der Waals surface area contributed by atoms with E-state index in [4.69, 9.17) is 11.6 Å². The Kier molecular flexibility index (Phi) is 3.28. The Hall–Kier alpha value is -2.51. The number of rotatable bonds is 2. The topological polar surface area (TPSA) is 72.4 Å². The first kappa shape index (κ1) is 13.5. The zero-order chi connectivity index (χ0) is 15.0. The maximum atomic E-state index is 11.3. The molecule has 0 amide bonds. The summed E-state index contributed by atoms with van der Waals surface area (Å²) in [5, 5.41) is 9.77. The first-order chi connectivity index (χ1) is 10.1. The van der Waals surface area contributed by atoms with Gasteiger partial charge in [-0.25, -0.2) is 4.79 Å². The number of H-pyrrole nitrogens is 2. The highest BCUT2D eigenvalue weighted by atomic mass is 35.5. The van der Waals surface area contributed by atoms with E-state index < -0.39 is 0 Å². The van der Waals surface area contributed by atoms with Crippen molar-refractivity contribution in [3.05, 3.63) is 57.5 Å². The molecule has 1 unspecified atom stereocenters. The number of fused-ring (bicyclic) bond motifs is 1. The molecule has 0 spiro atoms. The summed E-state index contributed by atoms with van der Waals surface area (Å²) in [6.45, 7) is 1.84. The molecular weight excluding hydrogens is 286 g/mol. The summed E-state index contributed by atoms with van der Waals surface area (Å²) in [6.07, 6.45) is 0. The standard InChI is InChI=1S/C16H12ClN3O/c1-9(8-18)11-3-2-4-12(17)15(11)10-5-6-13-14(7-10)20-16(21)19-13/h2-7,9H,1H3,(H2,19,20,21). The van der Waals surface area contributed by atoms with Crippen LogP contribution in [0.1, 0.15) is 18.4 Å². The van der Waals surface area contributed by atoms with Crippen molar-refractivity contribution in [2.75, 3.05) is 0 Å². The molecule has 2 aromatic carbocycles. The van der Waals surface area contributed by atoms with Gasteiger partial charge in [0.1, 0.15) is 0 Å². The van der Waals surface area contributed by atoms with Crippen LogP contribution in [-0.4, -0.2) is 9.97 Å². The van der Waals surface area contributed by atoms with Crippen LogP contribution < -0.4 is 5.69 Å². The summed E-state index contributed by atoms with van der Waals surface area (Å²) < 4.78 is 0. The van der Waals surface area contributed by atoms with Crippen LogP contribution in [0.5, 0.6) is 0 Å². The molecule has 1 aromatic heterocycles. The highest BCUT2D eigenvalue weighted by Gasteiger charge is 2.15. The van der Waals surface area contributed by atoms with Gasteiger partial charge in [0.2, 0.25) is 0 Å². The summed E-state index contributed by atoms with van der Waals surface area (Å²) in [5.74, 6) is -0.264. The van der Waals surface area contributed by atoms with E-state index in [1.165, 1.54) is 0 Å². The second-order valence-electron chi connectivity index (χ2n) is 4.89. The first-order valence-electron chi connectivity index (χ1n) is 6.50. The highest BCUT2D eigenvalue weighted by molar-refractivity contribution is 6.33. The van der Waals surface area contributed by atoms with E-state index in [2.05, 4.69) is 16.0 Å². The van der Waals surface area contributed by atoms with E-state index in [-0.39, 0.29) is 11.6 Å². The number of aromatic amines is 2. The molecule has 0 aliphatic rings. The molecule has 0 radical (unpaired) electrons. The molecule has 0 aliphatic carbocycles. The van der Waals surface area contributed by atoms with Gasteiger partial charge in [-0.1, -0.05) is 29.8 Å². The molecule has 0 aliphatic heterocycles. The Morgan fingerprint density at radius 3 is 2.71 bits per heavy atom. The lowest BCUT2D eigenvalue weighted by molar-refractivity contribution is 0.984. The number of nitrogens with one attached hydrogen (secondary N) is 2. The van der Waals surface area contributed by atoms with Crippen molar-refractivity contribution in [2.24, 2.45) is 0 Å². The van der Waals surface area contributed by atoms with Gasteiger partial charge in [0.25, 0.3) is 0 Å². The SMILES string of the molecule is CC(C#N)c1cccc(Cl)c1-c1ccc2[nH]c(=O)[nH]c2c1. The normalized spacial score (nSPS) is 12.2. The third kappa shape index (κ3) is 2.32. The zero-order valence-electron chi connectivity index (χ0n) is 11.3. The van der Waals surface area contributed by atoms with Gasteiger partial charge in [-0.15, -0.1) is 0 Å². The van der Waals surface area contributed by atoms with Crippen molar-refractivity contribution >= 4 is 22.6 Å². The molecule has 3 aromatic rings. The maximum absolute atomic E-state index is 11.3. The van der Waals surface area contributed by atoms with Gasteiger partial charge in [-0.3, -0.25) is 0 Å². The van der Waals surface area contributed by atoms with Gasteiger partial charge >= 0.3 is 5.69 Å². The summed E-state index contributed by atoms with van der Waals surface area (Å²) in [7, 11) is 0. The molecule has 0 fully saturated rings. The van der Waals surface area contributed by atoms with E-state index in [9.17, 15) is 10.1 Å². The number of imidazole rings is 1. The third-order valence-corrected chi connectivity index (χ3v) is 3.83. The Morgan fingerprint density at radius 2 is 1.95 bits per heavy atom. The molecule has 3 rings (SSSR count). The highest BCUT2D eigenvalue weighted by Crippen LogP contribution is 2.36. The molecule has 21 heavy (non-hydrogen) atoms. The van der Waals surface area contributed by atoms with Crippen molar-refractivity contribution in [1.29, 1.82) is 5.26 Å². The number of hydrogen-bond acceptors (Lipinski definition) is 2. The lowest BCUT2D eigenvalue weighted by Crippen LogP contribution is -1.99. The minimum Gasteiger partial charge on any atom is -0.306 e. The van der Waals surface area contributed by atoms with Crippen molar-refractivity contribution in [3.8, 4) is 17.2 Å². The summed E-state index contributed by atoms with van der Waals surface area (Å²) in [6, 6.07) is 13.4. The van der Waals surface area contributed by atoms with Gasteiger partial charge in [0.15, 0.2) is 0 Å². The fraction of sp³-hybridized carbons (Fsp3) is 0.125. The fourth-order valence-corrected chi connectivity index (χ4v) is 2.75. The minimum atomic E-state index is -0.264. The van der Waals surface area contributed by atoms with Crippen LogP contribution in [0.3, 0.4) is 0 Å². The van der Waals surface area contributed by atoms with E-state index in [0.717, 1.165) is 22.2 Å². The Morgan fingerprint density at radius 1 is 1.19 bits per heavy atom. The van der Waals surface area contributed by atoms with Crippen LogP contribution in [0.15, 0.2) is 41.2 Å². The Balaban J connectivity index is 2.27. The maximum Gasteiger partial charge on any atom is 0.323 e. The van der Waals surface area contributed by atoms with Crippen LogP contribution >= 0.6 is 11.6 Å². The second kappa shape index (κ2) is 5.12. The fourth-order valence-electron chi connectivity index (χ4n) is 2.46. The zero-order valence-corrected chi connectivity index (χ0v) is 12.0. The average molecular weight is 298 g/mol. The van der Waals surface area contributed by atoms with Gasteiger partial charge in [-0.05, 0) is 36.2 Å². The molecule has 5 heteroatoms. The van der Waals surface area contributed by atoms with Gasteiger partial charge < -0.3 is 9.97 Å². The number of aromatic nitrogens is 2. The van der Waals surface area contributed by atoms with E-state index in [0.29, 0.717) is 10.5 Å². The molecule has 104 valence electrons. The molecule has 0 bridgehead atoms. The van der Waals surface area contributed by atoms with Crippen LogP contribution in [0, 0.1) is 11.3 Å². The number of halogens is 1. The molecule has 2 N–H and O–H groups in total. The van der Waals surface area contributed by atoms with Crippen molar-refractivity contribution in [3.63, 3.8) is 0 Å². The quantitative estimate of drug-likeness (QED) is 0.755. The molecule has 0 saturated heterocycles. The number of nitriles is 1. The van der Waals surface area contributed by atoms with Crippen LogP contribution in [0.2, 0.25) is 5.02 Å². The average Bonchev–Trinajstić information content (AvgIpc) is 2.85. The van der Waals surface area contributed by atoms with Gasteiger partial charge in [0.05, 0.1) is 23.0 Å². The number of benzene rings is 2. The lowest BCUT2D eigenvalue weighted by Gasteiger charge is -2.13. The van der Waals surface area contributed by atoms with E-state index in [1.54, 1.807) is 6.07 Å². The summed E-state index contributed by atoms with van der Waals surface area (Å²) in [4.78, 5) is 16.8. The molecule has 1 heterocycles. The summed E-state index contributed by atoms with van der Waals surface area (Å²) in [5.41, 5.74) is 3.80. The van der Waals surface area contributed by atoms with Crippen LogP contribution in [0.4, 0.5) is 0 Å². The molecular formula is C16H12ClN3O. The third-order valence-electron chi connectivity index (χ3n) is 3.51. The lowest BCUT2D eigenvalue weighted by atomic mass is 9.92. The second-order valence-corrected chi connectivity index (χ2v) is 5.30. The van der Waals surface area contributed by atoms with Crippen molar-refractivity contribution < 1.29 is 0 Å². The van der Waals surface area contributed by atoms with Gasteiger partial charge in [0, 0.05) is 10.6 Å². The van der Waals surface area contributed by atoms with Crippen molar-refractivity contribution in [1.82, 2.24) is 9.97 Å². The number of hydrogen-bond donors (Lipinski definition) is 2. The summed E-state index contributed by atoms with van der Waals surface area (Å²) >= 11 is 6.33. The predicted octanol–water partition coefficient (Wildman–Crippen LogP) is 3.80. The van der Waals surface area contributed by atoms with Crippen LogP contribution in [-0.2, 0) is 0 Å². The smallest absolute Gasteiger partial charge is 0.306 e. The largest absolute Gasteiger partial charge is 0.323 e. The first-order valence-corrected chi connectivity index (χ1v) is 6.88. The Bertz CT molecular complexity index is 917. The number of nitrogens with zero attached hydrogens (tertiary/aromatic N) is 1. The predicted molar refractivity (Wildman–Crippen MR) is 83.4 cm³/mol. The van der Waals surface area contributed by atoms with Crippen LogP contribution in [0.25, 0.3) is 22.2 Å². The molecule has 0 saturated carbocycles. The molecule has 4 nitrogen and oxygen atoms in total. The van der Waals surface area contributed by atoms with E-state index >= 15 is 0 Å². The Labute approximate surface area is 126 Å². The van der Waals surface area contributed by atoms with Gasteiger partial charge in [-0.2, -0.15) is 5.26 Å². The monoisotopic (exact) mass is 297 g/mol. The minimum absolute atomic E-state index is 0.244.